The van der Waals surface area contributed by atoms with Crippen LogP contribution >= 0.6 is 34.8 Å². The number of likely N-dealkylation sites (N-methyl/N-ethyl adjacent to an activating group) is 1. The van der Waals surface area contributed by atoms with E-state index in [2.05, 4.69) is 5.32 Å². The van der Waals surface area contributed by atoms with Crippen molar-refractivity contribution >= 4 is 52.3 Å². The van der Waals surface area contributed by atoms with Gasteiger partial charge in [-0.25, -0.2) is 8.78 Å². The van der Waals surface area contributed by atoms with Crippen molar-refractivity contribution in [1.82, 2.24) is 4.90 Å². The maximum atomic E-state index is 13.6. The first-order chi connectivity index (χ1) is 13.2. The lowest BCUT2D eigenvalue weighted by Gasteiger charge is -2.21. The minimum Gasteiger partial charge on any atom is -0.482 e. The van der Waals surface area contributed by atoms with Gasteiger partial charge in [-0.15, -0.1) is 0 Å². The summed E-state index contributed by atoms with van der Waals surface area (Å²) in [6, 6.07) is 5.93. The number of benzene rings is 2. The van der Waals surface area contributed by atoms with Gasteiger partial charge in [0.15, 0.2) is 6.61 Å². The van der Waals surface area contributed by atoms with E-state index in [0.717, 1.165) is 17.0 Å². The summed E-state index contributed by atoms with van der Waals surface area (Å²) in [5, 5.41) is 2.72. The van der Waals surface area contributed by atoms with Crippen LogP contribution in [0.2, 0.25) is 15.1 Å². The molecule has 2 rings (SSSR count). The topological polar surface area (TPSA) is 58.6 Å². The molecule has 0 radical (unpaired) electrons. The van der Waals surface area contributed by atoms with Crippen LogP contribution in [0.3, 0.4) is 0 Å². The second-order valence-electron chi connectivity index (χ2n) is 5.54. The third-order valence-electron chi connectivity index (χ3n) is 3.62. The molecule has 0 spiro atoms. The Hall–Kier alpha value is -2.09. The van der Waals surface area contributed by atoms with E-state index < -0.39 is 42.3 Å². The van der Waals surface area contributed by atoms with Gasteiger partial charge in [0.2, 0.25) is 5.91 Å². The van der Waals surface area contributed by atoms with E-state index >= 15 is 0 Å². The lowest BCUT2D eigenvalue weighted by Crippen LogP contribution is -2.40. The summed E-state index contributed by atoms with van der Waals surface area (Å²) >= 11 is 17.7. The van der Waals surface area contributed by atoms with Crippen LogP contribution in [-0.2, 0) is 9.59 Å². The first-order valence-corrected chi connectivity index (χ1v) is 9.15. The standard InChI is InChI=1S/C18H15Cl3F2N2O3/c1-2-25(8-16(26)24-18-13(22)4-3-5-14(18)23)17(27)9-28-15-7-11(20)10(19)6-12(15)21/h3-7H,2,8-9H2,1H3,(H,24,26). The third-order valence-corrected chi connectivity index (χ3v) is 4.64. The third kappa shape index (κ3) is 5.70. The number of nitrogens with one attached hydrogen (secondary N) is 1. The molecule has 0 heterocycles. The second kappa shape index (κ2) is 9.91. The van der Waals surface area contributed by atoms with Crippen molar-refractivity contribution < 1.29 is 23.1 Å². The van der Waals surface area contributed by atoms with Crippen LogP contribution < -0.4 is 10.1 Å². The Morgan fingerprint density at radius 3 is 2.29 bits per heavy atom. The molecule has 0 bridgehead atoms. The van der Waals surface area contributed by atoms with Gasteiger partial charge in [-0.2, -0.15) is 0 Å². The van der Waals surface area contributed by atoms with Crippen LogP contribution in [-0.4, -0.2) is 36.4 Å². The number of ether oxygens (including phenoxy) is 1. The van der Waals surface area contributed by atoms with Gasteiger partial charge in [0.05, 0.1) is 21.6 Å². The summed E-state index contributed by atoms with van der Waals surface area (Å²) < 4.78 is 32.6. The molecule has 0 atom stereocenters. The van der Waals surface area contributed by atoms with E-state index in [-0.39, 0.29) is 27.4 Å². The Kier molecular flexibility index (Phi) is 7.86. The molecule has 1 N–H and O–H groups in total. The van der Waals surface area contributed by atoms with E-state index in [9.17, 15) is 18.4 Å². The van der Waals surface area contributed by atoms with E-state index in [1.807, 2.05) is 0 Å². The Bertz CT molecular complexity index is 876. The van der Waals surface area contributed by atoms with Crippen LogP contribution in [0.4, 0.5) is 14.5 Å². The number of hydrogen-bond acceptors (Lipinski definition) is 3. The van der Waals surface area contributed by atoms with Gasteiger partial charge in [0.1, 0.15) is 23.1 Å². The maximum Gasteiger partial charge on any atom is 0.260 e. The minimum absolute atomic E-state index is 0.151. The molecule has 10 heteroatoms. The fourth-order valence-corrected chi connectivity index (χ4v) is 2.78. The molecule has 150 valence electrons. The summed E-state index contributed by atoms with van der Waals surface area (Å²) in [5.41, 5.74) is -0.574. The van der Waals surface area contributed by atoms with Crippen molar-refractivity contribution in [2.45, 2.75) is 6.92 Å². The van der Waals surface area contributed by atoms with Crippen LogP contribution in [0.1, 0.15) is 6.92 Å². The molecule has 0 aliphatic carbocycles. The van der Waals surface area contributed by atoms with Crippen LogP contribution in [0.15, 0.2) is 30.3 Å². The number of para-hydroxylation sites is 1. The summed E-state index contributed by atoms with van der Waals surface area (Å²) in [7, 11) is 0. The molecule has 0 fully saturated rings. The summed E-state index contributed by atoms with van der Waals surface area (Å²) in [6.07, 6.45) is 0. The molecular formula is C18H15Cl3F2N2O3. The molecule has 28 heavy (non-hydrogen) atoms. The van der Waals surface area contributed by atoms with Gasteiger partial charge >= 0.3 is 0 Å². The number of halogens is 5. The monoisotopic (exact) mass is 450 g/mol. The Morgan fingerprint density at radius 1 is 1.07 bits per heavy atom. The molecule has 2 aromatic rings. The lowest BCUT2D eigenvalue weighted by molar-refractivity contribution is -0.136. The Morgan fingerprint density at radius 2 is 1.68 bits per heavy atom. The zero-order chi connectivity index (χ0) is 20.8. The molecule has 0 aromatic heterocycles. The highest BCUT2D eigenvalue weighted by Crippen LogP contribution is 2.33. The summed E-state index contributed by atoms with van der Waals surface area (Å²) in [6.45, 7) is 0.972. The van der Waals surface area contributed by atoms with Crippen molar-refractivity contribution in [3.8, 4) is 5.75 Å². The van der Waals surface area contributed by atoms with E-state index in [1.54, 1.807) is 6.92 Å². The largest absolute Gasteiger partial charge is 0.482 e. The molecular weight excluding hydrogens is 437 g/mol. The fourth-order valence-electron chi connectivity index (χ4n) is 2.19. The molecule has 0 saturated carbocycles. The average Bonchev–Trinajstić information content (AvgIpc) is 2.64. The number of rotatable bonds is 7. The van der Waals surface area contributed by atoms with E-state index in [4.69, 9.17) is 39.5 Å². The summed E-state index contributed by atoms with van der Waals surface area (Å²) in [4.78, 5) is 25.5. The Balaban J connectivity index is 1.98. The lowest BCUT2D eigenvalue weighted by atomic mass is 10.3. The SMILES string of the molecule is CCN(CC(=O)Nc1c(F)cccc1F)C(=O)COc1cc(Cl)c(Cl)cc1Cl. The fraction of sp³-hybridized carbons (Fsp3) is 0.222. The van der Waals surface area contributed by atoms with Crippen molar-refractivity contribution in [2.75, 3.05) is 25.0 Å². The highest BCUT2D eigenvalue weighted by molar-refractivity contribution is 6.43. The molecule has 2 amide bonds. The van der Waals surface area contributed by atoms with Crippen LogP contribution in [0.25, 0.3) is 0 Å². The van der Waals surface area contributed by atoms with Gasteiger partial charge < -0.3 is 15.0 Å². The first-order valence-electron chi connectivity index (χ1n) is 8.01. The maximum absolute atomic E-state index is 13.6. The number of nitrogens with zero attached hydrogens (tertiary/aromatic N) is 1. The molecule has 0 saturated heterocycles. The number of hydrogen-bond donors (Lipinski definition) is 1. The summed E-state index contributed by atoms with van der Waals surface area (Å²) in [5.74, 6) is -2.97. The number of anilines is 1. The average molecular weight is 452 g/mol. The normalized spacial score (nSPS) is 10.5. The molecule has 0 unspecified atom stereocenters. The van der Waals surface area contributed by atoms with Crippen molar-refractivity contribution in [3.63, 3.8) is 0 Å². The Labute approximate surface area is 175 Å². The minimum atomic E-state index is -0.916. The van der Waals surface area contributed by atoms with Crippen LogP contribution in [0, 0.1) is 11.6 Å². The smallest absolute Gasteiger partial charge is 0.260 e. The van der Waals surface area contributed by atoms with Gasteiger partial charge in [0.25, 0.3) is 5.91 Å². The highest BCUT2D eigenvalue weighted by atomic mass is 35.5. The molecule has 0 aliphatic rings. The van der Waals surface area contributed by atoms with Gasteiger partial charge in [-0.05, 0) is 25.1 Å². The predicted molar refractivity (Wildman–Crippen MR) is 104 cm³/mol. The first kappa shape index (κ1) is 22.2. The van der Waals surface area contributed by atoms with Crippen LogP contribution in [0.5, 0.6) is 5.75 Å². The molecule has 5 nitrogen and oxygen atoms in total. The number of amides is 2. The van der Waals surface area contributed by atoms with Gasteiger partial charge in [-0.1, -0.05) is 40.9 Å². The van der Waals surface area contributed by atoms with Gasteiger partial charge in [-0.3, -0.25) is 9.59 Å². The zero-order valence-electron chi connectivity index (χ0n) is 14.6. The zero-order valence-corrected chi connectivity index (χ0v) is 16.8. The highest BCUT2D eigenvalue weighted by Gasteiger charge is 2.19. The van der Waals surface area contributed by atoms with Crippen molar-refractivity contribution in [3.05, 3.63) is 57.0 Å². The van der Waals surface area contributed by atoms with Gasteiger partial charge in [0, 0.05) is 12.6 Å². The predicted octanol–water partition coefficient (Wildman–Crippen LogP) is 4.79. The van der Waals surface area contributed by atoms with Crippen molar-refractivity contribution in [2.24, 2.45) is 0 Å². The molecule has 2 aromatic carbocycles. The molecule has 0 aliphatic heterocycles. The quantitative estimate of drug-likeness (QED) is 0.616. The second-order valence-corrected chi connectivity index (χ2v) is 6.76. The van der Waals surface area contributed by atoms with Crippen molar-refractivity contribution in [1.29, 1.82) is 0 Å². The number of carbonyl (C=O) groups is 2. The number of carbonyl (C=O) groups excluding carboxylic acids is 2. The van der Waals surface area contributed by atoms with E-state index in [0.29, 0.717) is 0 Å². The van der Waals surface area contributed by atoms with E-state index in [1.165, 1.54) is 18.2 Å².